The fraction of sp³-hybridized carbons (Fsp3) is 0.0909. The van der Waals surface area contributed by atoms with Crippen LogP contribution in [0.1, 0.15) is 17.0 Å². The number of aryl methyl sites for hydroxylation is 1. The van der Waals surface area contributed by atoms with Crippen LogP contribution in [0, 0.1) is 18.3 Å². The molecule has 0 bridgehead atoms. The lowest BCUT2D eigenvalue weighted by atomic mass is 10.1. The van der Waals surface area contributed by atoms with Gasteiger partial charge in [-0.15, -0.1) is 10.2 Å². The molecule has 0 fully saturated rings. The Morgan fingerprint density at radius 3 is 2.88 bits per heavy atom. The molecule has 0 saturated carbocycles. The van der Waals surface area contributed by atoms with Crippen molar-refractivity contribution in [2.24, 2.45) is 0 Å². The molecule has 0 amide bonds. The molecule has 1 aromatic carbocycles. The molecule has 0 aliphatic rings. The standard InChI is InChI=1S/C11H9N5/c1-8-4-2-3-5-9(8)6-10(7-12)11-13-15-16-14-11/h2-6H,1H3,(H,13,14,15,16). The van der Waals surface area contributed by atoms with E-state index in [0.717, 1.165) is 11.1 Å². The van der Waals surface area contributed by atoms with Crippen molar-refractivity contribution >= 4 is 11.6 Å². The molecule has 78 valence electrons. The van der Waals surface area contributed by atoms with Crippen LogP contribution in [0.3, 0.4) is 0 Å². The van der Waals surface area contributed by atoms with E-state index in [1.807, 2.05) is 31.2 Å². The number of nitrogens with zero attached hydrogens (tertiary/aromatic N) is 4. The summed E-state index contributed by atoms with van der Waals surface area (Å²) >= 11 is 0. The Kier molecular flexibility index (Phi) is 2.74. The summed E-state index contributed by atoms with van der Waals surface area (Å²) in [4.78, 5) is 0. The van der Waals surface area contributed by atoms with E-state index >= 15 is 0 Å². The second kappa shape index (κ2) is 4.36. The average Bonchev–Trinajstić information content (AvgIpc) is 2.81. The van der Waals surface area contributed by atoms with Gasteiger partial charge in [0.25, 0.3) is 0 Å². The van der Waals surface area contributed by atoms with E-state index in [1.54, 1.807) is 6.08 Å². The molecule has 5 heteroatoms. The number of allylic oxidation sites excluding steroid dienone is 1. The molecule has 0 aliphatic heterocycles. The van der Waals surface area contributed by atoms with E-state index in [2.05, 4.69) is 26.7 Å². The first-order valence-electron chi connectivity index (χ1n) is 4.72. The van der Waals surface area contributed by atoms with Crippen molar-refractivity contribution in [2.75, 3.05) is 0 Å². The fourth-order valence-corrected chi connectivity index (χ4v) is 1.33. The highest BCUT2D eigenvalue weighted by atomic mass is 15.5. The molecular formula is C11H9N5. The van der Waals surface area contributed by atoms with Gasteiger partial charge in [0, 0.05) is 0 Å². The van der Waals surface area contributed by atoms with Crippen molar-refractivity contribution in [3.05, 3.63) is 41.2 Å². The van der Waals surface area contributed by atoms with E-state index < -0.39 is 0 Å². The van der Waals surface area contributed by atoms with Gasteiger partial charge in [-0.3, -0.25) is 0 Å². The number of nitrogens with one attached hydrogen (secondary N) is 1. The third-order valence-corrected chi connectivity index (χ3v) is 2.19. The minimum atomic E-state index is 0.311. The summed E-state index contributed by atoms with van der Waals surface area (Å²) in [5.41, 5.74) is 2.46. The van der Waals surface area contributed by atoms with Crippen molar-refractivity contribution in [3.63, 3.8) is 0 Å². The number of hydrogen-bond acceptors (Lipinski definition) is 4. The summed E-state index contributed by atoms with van der Waals surface area (Å²) < 4.78 is 0. The molecule has 2 rings (SSSR count). The van der Waals surface area contributed by atoms with Crippen molar-refractivity contribution < 1.29 is 0 Å². The Labute approximate surface area is 92.4 Å². The monoisotopic (exact) mass is 211 g/mol. The molecule has 0 unspecified atom stereocenters. The third kappa shape index (κ3) is 1.96. The van der Waals surface area contributed by atoms with Crippen LogP contribution in [-0.4, -0.2) is 20.6 Å². The fourth-order valence-electron chi connectivity index (χ4n) is 1.33. The zero-order valence-corrected chi connectivity index (χ0v) is 8.68. The van der Waals surface area contributed by atoms with E-state index in [0.29, 0.717) is 11.4 Å². The second-order valence-electron chi connectivity index (χ2n) is 3.26. The lowest BCUT2D eigenvalue weighted by Crippen LogP contribution is -1.87. The first-order chi connectivity index (χ1) is 7.81. The van der Waals surface area contributed by atoms with Gasteiger partial charge in [-0.1, -0.05) is 24.3 Å². The highest BCUT2D eigenvalue weighted by Gasteiger charge is 2.06. The second-order valence-corrected chi connectivity index (χ2v) is 3.26. The van der Waals surface area contributed by atoms with E-state index in [-0.39, 0.29) is 0 Å². The SMILES string of the molecule is Cc1ccccc1C=C(C#N)c1nn[nH]n1. The quantitative estimate of drug-likeness (QED) is 0.765. The Balaban J connectivity index is 2.44. The molecule has 0 atom stereocenters. The Hall–Kier alpha value is -2.48. The topological polar surface area (TPSA) is 78.2 Å². The Bertz CT molecular complexity index is 548. The van der Waals surface area contributed by atoms with Crippen LogP contribution in [0.2, 0.25) is 0 Å². The van der Waals surface area contributed by atoms with Gasteiger partial charge in [-0.2, -0.15) is 10.5 Å². The van der Waals surface area contributed by atoms with Crippen LogP contribution in [0.15, 0.2) is 24.3 Å². The number of benzene rings is 1. The van der Waals surface area contributed by atoms with Crippen LogP contribution in [0.25, 0.3) is 11.6 Å². The zero-order chi connectivity index (χ0) is 11.4. The third-order valence-electron chi connectivity index (χ3n) is 2.19. The summed E-state index contributed by atoms with van der Waals surface area (Å²) in [5, 5.41) is 22.3. The first-order valence-corrected chi connectivity index (χ1v) is 4.72. The molecular weight excluding hydrogens is 202 g/mol. The van der Waals surface area contributed by atoms with Gasteiger partial charge in [0.15, 0.2) is 0 Å². The van der Waals surface area contributed by atoms with Gasteiger partial charge in [0.2, 0.25) is 5.82 Å². The molecule has 2 aromatic rings. The predicted molar refractivity (Wildman–Crippen MR) is 58.8 cm³/mol. The van der Waals surface area contributed by atoms with Crippen LogP contribution in [-0.2, 0) is 0 Å². The highest BCUT2D eigenvalue weighted by Crippen LogP contribution is 2.15. The summed E-state index contributed by atoms with van der Waals surface area (Å²) in [5.74, 6) is 0.311. The first kappa shape index (κ1) is 10.1. The average molecular weight is 211 g/mol. The number of tetrazole rings is 1. The number of nitriles is 1. The Morgan fingerprint density at radius 1 is 1.44 bits per heavy atom. The lowest BCUT2D eigenvalue weighted by molar-refractivity contribution is 0.881. The lowest BCUT2D eigenvalue weighted by Gasteiger charge is -1.98. The number of rotatable bonds is 2. The number of aromatic nitrogens is 4. The van der Waals surface area contributed by atoms with Crippen molar-refractivity contribution in [1.29, 1.82) is 5.26 Å². The van der Waals surface area contributed by atoms with Crippen molar-refractivity contribution in [3.8, 4) is 6.07 Å². The molecule has 0 spiro atoms. The number of aromatic amines is 1. The van der Waals surface area contributed by atoms with Crippen molar-refractivity contribution in [2.45, 2.75) is 6.92 Å². The molecule has 1 heterocycles. The van der Waals surface area contributed by atoms with Gasteiger partial charge in [0.05, 0.1) is 0 Å². The predicted octanol–water partition coefficient (Wildman–Crippen LogP) is 1.57. The van der Waals surface area contributed by atoms with Crippen LogP contribution >= 0.6 is 0 Å². The maximum absolute atomic E-state index is 9.01. The molecule has 0 saturated heterocycles. The summed E-state index contributed by atoms with van der Waals surface area (Å²) in [6, 6.07) is 9.85. The van der Waals surface area contributed by atoms with Crippen LogP contribution in [0.4, 0.5) is 0 Å². The Morgan fingerprint density at radius 2 is 2.25 bits per heavy atom. The van der Waals surface area contributed by atoms with Gasteiger partial charge >= 0.3 is 0 Å². The molecule has 1 aromatic heterocycles. The summed E-state index contributed by atoms with van der Waals surface area (Å²) in [6.45, 7) is 1.98. The molecule has 0 radical (unpaired) electrons. The number of H-pyrrole nitrogens is 1. The minimum absolute atomic E-state index is 0.311. The van der Waals surface area contributed by atoms with E-state index in [1.165, 1.54) is 0 Å². The molecule has 0 aliphatic carbocycles. The normalized spacial score (nSPS) is 11.1. The zero-order valence-electron chi connectivity index (χ0n) is 8.68. The van der Waals surface area contributed by atoms with Crippen molar-refractivity contribution in [1.82, 2.24) is 20.6 Å². The highest BCUT2D eigenvalue weighted by molar-refractivity contribution is 5.87. The van der Waals surface area contributed by atoms with Gasteiger partial charge in [-0.05, 0) is 29.3 Å². The van der Waals surface area contributed by atoms with E-state index in [4.69, 9.17) is 5.26 Å². The molecule has 1 N–H and O–H groups in total. The molecule has 16 heavy (non-hydrogen) atoms. The van der Waals surface area contributed by atoms with Gasteiger partial charge < -0.3 is 0 Å². The van der Waals surface area contributed by atoms with E-state index in [9.17, 15) is 0 Å². The smallest absolute Gasteiger partial charge is 0.192 e. The maximum Gasteiger partial charge on any atom is 0.215 e. The van der Waals surface area contributed by atoms with Gasteiger partial charge in [-0.25, -0.2) is 0 Å². The molecule has 5 nitrogen and oxygen atoms in total. The van der Waals surface area contributed by atoms with Gasteiger partial charge in [0.1, 0.15) is 11.6 Å². The maximum atomic E-state index is 9.01. The summed E-state index contributed by atoms with van der Waals surface area (Å²) in [7, 11) is 0. The van der Waals surface area contributed by atoms with Crippen LogP contribution in [0.5, 0.6) is 0 Å². The number of hydrogen-bond donors (Lipinski definition) is 1. The summed E-state index contributed by atoms with van der Waals surface area (Å²) in [6.07, 6.45) is 1.75. The van der Waals surface area contributed by atoms with Crippen LogP contribution < -0.4 is 0 Å². The minimum Gasteiger partial charge on any atom is -0.192 e. The largest absolute Gasteiger partial charge is 0.215 e.